The fraction of sp³-hybridized carbons (Fsp3) is 0.0244. The SMILES string of the molecule is O=C1c2ccc(F)cc2C(=O)N1c1ccccc1C1(c2ccccc2N2C(=O)c3ccc(F)cc3C2=O)c2ccccc2-c2ccccc21. The Morgan fingerprint density at radius 2 is 0.714 bits per heavy atom. The number of fused-ring (bicyclic) bond motifs is 5. The average molecular weight is 645 g/mol. The molecule has 0 spiro atoms. The minimum atomic E-state index is -1.29. The number of anilines is 2. The summed E-state index contributed by atoms with van der Waals surface area (Å²) in [4.78, 5) is 58.1. The highest BCUT2D eigenvalue weighted by atomic mass is 19.1. The Bertz CT molecular complexity index is 2320. The Kier molecular flexibility index (Phi) is 5.98. The molecule has 0 radical (unpaired) electrons. The molecule has 0 aromatic heterocycles. The van der Waals surface area contributed by atoms with Crippen LogP contribution in [-0.2, 0) is 5.41 Å². The van der Waals surface area contributed by atoms with Crippen LogP contribution in [0, 0.1) is 11.6 Å². The van der Waals surface area contributed by atoms with E-state index in [1.165, 1.54) is 12.1 Å². The summed E-state index contributed by atoms with van der Waals surface area (Å²) in [6, 6.07) is 36.6. The summed E-state index contributed by atoms with van der Waals surface area (Å²) in [7, 11) is 0. The first-order valence-electron chi connectivity index (χ1n) is 15.6. The number of amides is 4. The molecule has 1 aliphatic carbocycles. The number of carbonyl (C=O) groups is 4. The molecule has 234 valence electrons. The second kappa shape index (κ2) is 10.2. The third-order valence-corrected chi connectivity index (χ3v) is 9.75. The van der Waals surface area contributed by atoms with Gasteiger partial charge in [-0.05, 0) is 81.9 Å². The molecule has 2 aliphatic heterocycles. The number of benzene rings is 6. The Balaban J connectivity index is 1.37. The van der Waals surface area contributed by atoms with Crippen LogP contribution in [0.15, 0.2) is 133 Å². The zero-order valence-corrected chi connectivity index (χ0v) is 25.5. The van der Waals surface area contributed by atoms with Crippen molar-refractivity contribution in [1.29, 1.82) is 0 Å². The Morgan fingerprint density at radius 3 is 1.14 bits per heavy atom. The van der Waals surface area contributed by atoms with Crippen LogP contribution in [-0.4, -0.2) is 23.6 Å². The van der Waals surface area contributed by atoms with E-state index in [4.69, 9.17) is 0 Å². The van der Waals surface area contributed by atoms with Gasteiger partial charge in [-0.25, -0.2) is 18.6 Å². The summed E-state index contributed by atoms with van der Waals surface area (Å²) in [5.41, 5.74) is 3.73. The maximum atomic E-state index is 14.3. The van der Waals surface area contributed by atoms with Crippen molar-refractivity contribution in [2.75, 3.05) is 9.80 Å². The van der Waals surface area contributed by atoms with Crippen molar-refractivity contribution in [3.63, 3.8) is 0 Å². The summed E-state index contributed by atoms with van der Waals surface area (Å²) in [6.45, 7) is 0. The van der Waals surface area contributed by atoms with Crippen molar-refractivity contribution in [2.45, 2.75) is 5.41 Å². The lowest BCUT2D eigenvalue weighted by Crippen LogP contribution is -2.38. The molecule has 3 aliphatic rings. The monoisotopic (exact) mass is 644 g/mol. The normalized spacial score (nSPS) is 15.4. The number of halogens is 2. The lowest BCUT2D eigenvalue weighted by Gasteiger charge is -2.38. The van der Waals surface area contributed by atoms with E-state index >= 15 is 0 Å². The van der Waals surface area contributed by atoms with Crippen molar-refractivity contribution in [1.82, 2.24) is 0 Å². The number of imide groups is 2. The van der Waals surface area contributed by atoms with Crippen LogP contribution in [0.25, 0.3) is 11.1 Å². The maximum absolute atomic E-state index is 14.3. The van der Waals surface area contributed by atoms with E-state index in [1.807, 2.05) is 60.7 Å². The molecule has 0 saturated carbocycles. The molecule has 49 heavy (non-hydrogen) atoms. The van der Waals surface area contributed by atoms with Crippen molar-refractivity contribution < 1.29 is 28.0 Å². The van der Waals surface area contributed by atoms with E-state index in [-0.39, 0.29) is 33.6 Å². The summed E-state index contributed by atoms with van der Waals surface area (Å²) >= 11 is 0. The topological polar surface area (TPSA) is 74.8 Å². The Labute approximate surface area is 278 Å². The Morgan fingerprint density at radius 1 is 0.367 bits per heavy atom. The maximum Gasteiger partial charge on any atom is 0.266 e. The number of hydrogen-bond acceptors (Lipinski definition) is 4. The lowest BCUT2D eigenvalue weighted by molar-refractivity contribution is 0.0910. The van der Waals surface area contributed by atoms with Gasteiger partial charge in [0.25, 0.3) is 23.6 Å². The highest BCUT2D eigenvalue weighted by molar-refractivity contribution is 6.36. The number of nitrogens with zero attached hydrogens (tertiary/aromatic N) is 2. The van der Waals surface area contributed by atoms with Crippen LogP contribution in [0.3, 0.4) is 0 Å². The first-order chi connectivity index (χ1) is 23.8. The molecule has 6 aromatic rings. The first-order valence-corrected chi connectivity index (χ1v) is 15.6. The summed E-state index contributed by atoms with van der Waals surface area (Å²) in [5, 5.41) is 0. The molecule has 0 N–H and O–H groups in total. The largest absolute Gasteiger partial charge is 0.268 e. The molecule has 0 unspecified atom stereocenters. The third kappa shape index (κ3) is 3.74. The highest BCUT2D eigenvalue weighted by Crippen LogP contribution is 2.60. The predicted octanol–water partition coefficient (Wildman–Crippen LogP) is 7.93. The molecule has 4 amide bonds. The van der Waals surface area contributed by atoms with Gasteiger partial charge < -0.3 is 0 Å². The van der Waals surface area contributed by atoms with Gasteiger partial charge >= 0.3 is 0 Å². The van der Waals surface area contributed by atoms with Crippen molar-refractivity contribution in [2.24, 2.45) is 0 Å². The number of hydrogen-bond donors (Lipinski definition) is 0. The predicted molar refractivity (Wildman–Crippen MR) is 179 cm³/mol. The van der Waals surface area contributed by atoms with Gasteiger partial charge in [-0.1, -0.05) is 84.9 Å². The van der Waals surface area contributed by atoms with Crippen LogP contribution in [0.2, 0.25) is 0 Å². The fourth-order valence-corrected chi connectivity index (χ4v) is 7.80. The van der Waals surface area contributed by atoms with Crippen LogP contribution < -0.4 is 9.80 Å². The van der Waals surface area contributed by atoms with Gasteiger partial charge in [0.15, 0.2) is 0 Å². The van der Waals surface area contributed by atoms with E-state index in [2.05, 4.69) is 0 Å². The lowest BCUT2D eigenvalue weighted by atomic mass is 9.66. The molecule has 6 nitrogen and oxygen atoms in total. The molecule has 9 rings (SSSR count). The second-order valence-electron chi connectivity index (χ2n) is 12.1. The number of carbonyl (C=O) groups excluding carboxylic acids is 4. The summed E-state index contributed by atoms with van der Waals surface area (Å²) < 4.78 is 28.7. The number of rotatable bonds is 4. The van der Waals surface area contributed by atoms with Gasteiger partial charge in [-0.2, -0.15) is 0 Å². The highest BCUT2D eigenvalue weighted by Gasteiger charge is 2.52. The molecule has 2 heterocycles. The van der Waals surface area contributed by atoms with Gasteiger partial charge in [0.2, 0.25) is 0 Å². The fourth-order valence-electron chi connectivity index (χ4n) is 7.80. The minimum absolute atomic E-state index is 0.0419. The summed E-state index contributed by atoms with van der Waals surface area (Å²) in [5.74, 6) is -3.81. The number of para-hydroxylation sites is 2. The van der Waals surface area contributed by atoms with E-state index in [1.54, 1.807) is 36.4 Å². The Hall–Kier alpha value is -6.54. The first kappa shape index (κ1) is 28.7. The van der Waals surface area contributed by atoms with Gasteiger partial charge in [-0.3, -0.25) is 19.2 Å². The smallest absolute Gasteiger partial charge is 0.266 e. The minimum Gasteiger partial charge on any atom is -0.268 e. The van der Waals surface area contributed by atoms with Crippen molar-refractivity contribution in [3.05, 3.63) is 190 Å². The van der Waals surface area contributed by atoms with E-state index in [0.29, 0.717) is 11.1 Å². The van der Waals surface area contributed by atoms with E-state index in [0.717, 1.165) is 56.3 Å². The molecule has 6 aromatic carbocycles. The van der Waals surface area contributed by atoms with Crippen LogP contribution >= 0.6 is 0 Å². The molecular weight excluding hydrogens is 622 g/mol. The average Bonchev–Trinajstić information content (AvgIpc) is 3.66. The molecule has 0 atom stereocenters. The van der Waals surface area contributed by atoms with Gasteiger partial charge in [-0.15, -0.1) is 0 Å². The molecule has 0 bridgehead atoms. The van der Waals surface area contributed by atoms with Gasteiger partial charge in [0.1, 0.15) is 11.6 Å². The molecule has 8 heteroatoms. The molecular formula is C41H22F2N2O4. The quantitative estimate of drug-likeness (QED) is 0.183. The third-order valence-electron chi connectivity index (χ3n) is 9.75. The van der Waals surface area contributed by atoms with E-state index < -0.39 is 40.7 Å². The van der Waals surface area contributed by atoms with Gasteiger partial charge in [0.05, 0.1) is 39.0 Å². The van der Waals surface area contributed by atoms with Crippen molar-refractivity contribution in [3.8, 4) is 11.1 Å². The summed E-state index contributed by atoms with van der Waals surface area (Å²) in [6.07, 6.45) is 0. The van der Waals surface area contributed by atoms with Crippen molar-refractivity contribution >= 4 is 35.0 Å². The standard InChI is InChI=1S/C41H22F2N2O4/c42-23-17-19-27-29(21-23)39(48)44(37(27)46)35-15-7-5-13-33(35)41(31-11-3-1-9-25(31)26-10-2-4-12-32(26)41)34-14-6-8-16-36(34)45-38(47)28-20-18-24(43)22-30(28)40(45)49/h1-22H. The zero-order valence-electron chi connectivity index (χ0n) is 25.5. The zero-order chi connectivity index (χ0) is 33.6. The van der Waals surface area contributed by atoms with Crippen LogP contribution in [0.5, 0.6) is 0 Å². The molecule has 0 fully saturated rings. The van der Waals surface area contributed by atoms with E-state index in [9.17, 15) is 28.0 Å². The van der Waals surface area contributed by atoms with Gasteiger partial charge in [0, 0.05) is 0 Å². The molecule has 0 saturated heterocycles. The van der Waals surface area contributed by atoms with Crippen LogP contribution in [0.1, 0.15) is 63.7 Å². The second-order valence-corrected chi connectivity index (χ2v) is 12.1. The van der Waals surface area contributed by atoms with Crippen LogP contribution in [0.4, 0.5) is 20.2 Å².